The lowest BCUT2D eigenvalue weighted by atomic mass is 10.2. The van der Waals surface area contributed by atoms with E-state index in [4.69, 9.17) is 11.6 Å². The van der Waals surface area contributed by atoms with Crippen LogP contribution >= 0.6 is 11.6 Å². The van der Waals surface area contributed by atoms with Crippen molar-refractivity contribution in [2.75, 3.05) is 31.6 Å². The van der Waals surface area contributed by atoms with E-state index >= 15 is 0 Å². The average Bonchev–Trinajstić information content (AvgIpc) is 2.29. The van der Waals surface area contributed by atoms with E-state index in [1.165, 1.54) is 0 Å². The van der Waals surface area contributed by atoms with Crippen LogP contribution in [0.15, 0.2) is 12.4 Å². The number of hydrogen-bond acceptors (Lipinski definition) is 4. The van der Waals surface area contributed by atoms with Gasteiger partial charge in [0.1, 0.15) is 5.82 Å². The quantitative estimate of drug-likeness (QED) is 0.731. The molecule has 0 radical (unpaired) electrons. The topological polar surface area (TPSA) is 32.3 Å². The lowest BCUT2D eigenvalue weighted by Crippen LogP contribution is -2.50. The maximum Gasteiger partial charge on any atom is 0.147 e. The lowest BCUT2D eigenvalue weighted by Gasteiger charge is -2.38. The summed E-state index contributed by atoms with van der Waals surface area (Å²) in [4.78, 5) is 13.3. The van der Waals surface area contributed by atoms with Gasteiger partial charge in [-0.2, -0.15) is 0 Å². The zero-order valence-corrected chi connectivity index (χ0v) is 10.5. The number of aromatic nitrogens is 2. The Balaban J connectivity index is 2.11. The van der Waals surface area contributed by atoms with Gasteiger partial charge in [0, 0.05) is 25.7 Å². The average molecular weight is 241 g/mol. The van der Waals surface area contributed by atoms with Crippen LogP contribution < -0.4 is 4.90 Å². The second-order valence-corrected chi connectivity index (χ2v) is 4.57. The van der Waals surface area contributed by atoms with Crippen molar-refractivity contribution >= 4 is 17.4 Å². The van der Waals surface area contributed by atoms with Crippen molar-refractivity contribution in [3.8, 4) is 0 Å². The number of rotatable bonds is 2. The van der Waals surface area contributed by atoms with Gasteiger partial charge in [0.05, 0.1) is 24.0 Å². The van der Waals surface area contributed by atoms with Gasteiger partial charge in [0.15, 0.2) is 0 Å². The SMILES string of the molecule is CC1CN(C)CCN1c1cnc(CCl)cn1. The minimum absolute atomic E-state index is 0.422. The van der Waals surface area contributed by atoms with Crippen LogP contribution in [-0.2, 0) is 5.88 Å². The third-order valence-electron chi connectivity index (χ3n) is 2.95. The zero-order valence-electron chi connectivity index (χ0n) is 9.73. The molecule has 0 spiro atoms. The standard InChI is InChI=1S/C11H17ClN4/c1-9-8-15(2)3-4-16(9)11-7-13-10(5-12)6-14-11/h6-7,9H,3-5,8H2,1-2H3. The fourth-order valence-corrected chi connectivity index (χ4v) is 2.18. The third kappa shape index (κ3) is 2.44. The number of likely N-dealkylation sites (N-methyl/N-ethyl adjacent to an activating group) is 1. The minimum Gasteiger partial charge on any atom is -0.350 e. The highest BCUT2D eigenvalue weighted by atomic mass is 35.5. The molecular weight excluding hydrogens is 224 g/mol. The molecule has 0 amide bonds. The van der Waals surface area contributed by atoms with Crippen LogP contribution in [0.2, 0.25) is 0 Å². The van der Waals surface area contributed by atoms with Gasteiger partial charge in [-0.3, -0.25) is 4.98 Å². The van der Waals surface area contributed by atoms with Gasteiger partial charge in [-0.25, -0.2) is 4.98 Å². The monoisotopic (exact) mass is 240 g/mol. The van der Waals surface area contributed by atoms with Crippen molar-refractivity contribution < 1.29 is 0 Å². The molecule has 5 heteroatoms. The molecule has 0 aromatic carbocycles. The molecule has 1 aromatic rings. The first-order valence-corrected chi connectivity index (χ1v) is 6.06. The highest BCUT2D eigenvalue weighted by Crippen LogP contribution is 2.16. The first-order valence-electron chi connectivity index (χ1n) is 5.53. The molecule has 0 bridgehead atoms. The van der Waals surface area contributed by atoms with Crippen LogP contribution in [-0.4, -0.2) is 47.6 Å². The Kier molecular flexibility index (Phi) is 3.61. The second-order valence-electron chi connectivity index (χ2n) is 4.30. The number of halogens is 1. The van der Waals surface area contributed by atoms with E-state index in [1.807, 2.05) is 6.20 Å². The van der Waals surface area contributed by atoms with Gasteiger partial charge < -0.3 is 9.80 Å². The molecule has 16 heavy (non-hydrogen) atoms. The Labute approximate surface area is 101 Å². The van der Waals surface area contributed by atoms with Crippen molar-refractivity contribution in [1.82, 2.24) is 14.9 Å². The molecule has 1 saturated heterocycles. The summed E-state index contributed by atoms with van der Waals surface area (Å²) in [7, 11) is 2.15. The Hall–Kier alpha value is -0.870. The molecule has 1 atom stereocenters. The summed E-state index contributed by atoms with van der Waals surface area (Å²) in [6, 6.07) is 0.481. The van der Waals surface area contributed by atoms with Crippen molar-refractivity contribution in [3.05, 3.63) is 18.1 Å². The molecule has 1 aromatic heterocycles. The molecule has 88 valence electrons. The van der Waals surface area contributed by atoms with E-state index < -0.39 is 0 Å². The molecule has 0 saturated carbocycles. The second kappa shape index (κ2) is 4.97. The van der Waals surface area contributed by atoms with E-state index in [-0.39, 0.29) is 0 Å². The summed E-state index contributed by atoms with van der Waals surface area (Å²) in [5.74, 6) is 1.38. The van der Waals surface area contributed by atoms with Crippen molar-refractivity contribution in [2.45, 2.75) is 18.8 Å². The van der Waals surface area contributed by atoms with Crippen molar-refractivity contribution in [2.24, 2.45) is 0 Å². The summed E-state index contributed by atoms with van der Waals surface area (Å²) in [6.45, 7) is 5.36. The number of alkyl halides is 1. The normalized spacial score (nSPS) is 22.4. The van der Waals surface area contributed by atoms with Gasteiger partial charge in [-0.15, -0.1) is 11.6 Å². The van der Waals surface area contributed by atoms with E-state index in [1.54, 1.807) is 6.20 Å². The molecule has 1 fully saturated rings. The highest BCUT2D eigenvalue weighted by molar-refractivity contribution is 6.16. The van der Waals surface area contributed by atoms with E-state index in [0.717, 1.165) is 31.1 Å². The van der Waals surface area contributed by atoms with Gasteiger partial charge >= 0.3 is 0 Å². The third-order valence-corrected chi connectivity index (χ3v) is 3.23. The van der Waals surface area contributed by atoms with Gasteiger partial charge in [-0.1, -0.05) is 0 Å². The Morgan fingerprint density at radius 1 is 1.38 bits per heavy atom. The Morgan fingerprint density at radius 2 is 2.19 bits per heavy atom. The fraction of sp³-hybridized carbons (Fsp3) is 0.636. The molecule has 1 aliphatic rings. The maximum absolute atomic E-state index is 5.69. The summed E-state index contributed by atoms with van der Waals surface area (Å²) in [6.07, 6.45) is 3.58. The van der Waals surface area contributed by atoms with Gasteiger partial charge in [-0.05, 0) is 14.0 Å². The number of nitrogens with zero attached hydrogens (tertiary/aromatic N) is 4. The highest BCUT2D eigenvalue weighted by Gasteiger charge is 2.22. The maximum atomic E-state index is 5.69. The number of piperazine rings is 1. The summed E-state index contributed by atoms with van der Waals surface area (Å²) in [5.41, 5.74) is 0.826. The van der Waals surface area contributed by atoms with Crippen LogP contribution in [0.25, 0.3) is 0 Å². The fourth-order valence-electron chi connectivity index (χ4n) is 2.05. The van der Waals surface area contributed by atoms with Crippen LogP contribution in [0.3, 0.4) is 0 Å². The molecule has 1 aliphatic heterocycles. The lowest BCUT2D eigenvalue weighted by molar-refractivity contribution is 0.274. The smallest absolute Gasteiger partial charge is 0.147 e. The van der Waals surface area contributed by atoms with Crippen molar-refractivity contribution in [3.63, 3.8) is 0 Å². The first-order chi connectivity index (χ1) is 7.70. The van der Waals surface area contributed by atoms with E-state index in [0.29, 0.717) is 11.9 Å². The summed E-state index contributed by atoms with van der Waals surface area (Å²) in [5, 5.41) is 0. The van der Waals surface area contributed by atoms with Crippen molar-refractivity contribution in [1.29, 1.82) is 0 Å². The van der Waals surface area contributed by atoms with Crippen LogP contribution in [0, 0.1) is 0 Å². The molecule has 4 nitrogen and oxygen atoms in total. The molecule has 0 aliphatic carbocycles. The molecule has 2 rings (SSSR count). The minimum atomic E-state index is 0.422. The zero-order chi connectivity index (χ0) is 11.5. The number of hydrogen-bond donors (Lipinski definition) is 0. The van der Waals surface area contributed by atoms with Gasteiger partial charge in [0.25, 0.3) is 0 Å². The molecule has 1 unspecified atom stereocenters. The largest absolute Gasteiger partial charge is 0.350 e. The molecule has 0 N–H and O–H groups in total. The van der Waals surface area contributed by atoms with Gasteiger partial charge in [0.2, 0.25) is 0 Å². The Bertz CT molecular complexity index is 340. The van der Waals surface area contributed by atoms with E-state index in [9.17, 15) is 0 Å². The summed E-state index contributed by atoms with van der Waals surface area (Å²) >= 11 is 5.69. The van der Waals surface area contributed by atoms with Crippen LogP contribution in [0.5, 0.6) is 0 Å². The number of anilines is 1. The summed E-state index contributed by atoms with van der Waals surface area (Å²) < 4.78 is 0. The van der Waals surface area contributed by atoms with E-state index in [2.05, 4.69) is 33.7 Å². The molecular formula is C11H17ClN4. The predicted octanol–water partition coefficient (Wildman–Crippen LogP) is 1.36. The first kappa shape index (κ1) is 11.6. The van der Waals surface area contributed by atoms with Crippen LogP contribution in [0.1, 0.15) is 12.6 Å². The molecule has 2 heterocycles. The predicted molar refractivity (Wildman–Crippen MR) is 65.9 cm³/mol. The van der Waals surface area contributed by atoms with Crippen LogP contribution in [0.4, 0.5) is 5.82 Å². The Morgan fingerprint density at radius 3 is 2.75 bits per heavy atom.